The Kier molecular flexibility index (Phi) is 4.67. The van der Waals surface area contributed by atoms with Gasteiger partial charge in [-0.2, -0.15) is 11.8 Å². The zero-order valence-corrected chi connectivity index (χ0v) is 14.4. The van der Waals surface area contributed by atoms with E-state index in [9.17, 15) is 14.4 Å². The van der Waals surface area contributed by atoms with E-state index >= 15 is 0 Å². The van der Waals surface area contributed by atoms with Gasteiger partial charge in [-0.3, -0.25) is 14.4 Å². The molecule has 3 nitrogen and oxygen atoms in total. The fraction of sp³-hybridized carbons (Fsp3) is 0.438. The fourth-order valence-electron chi connectivity index (χ4n) is 2.93. The van der Waals surface area contributed by atoms with E-state index in [1.807, 2.05) is 12.3 Å². The minimum atomic E-state index is -1.14. The highest BCUT2D eigenvalue weighted by atomic mass is 35.5. The molecule has 1 fully saturated rings. The number of fused-ring (bicyclic) bond motifs is 1. The first-order valence-electron chi connectivity index (χ1n) is 7.13. The van der Waals surface area contributed by atoms with Crippen molar-refractivity contribution in [3.8, 4) is 0 Å². The van der Waals surface area contributed by atoms with Crippen LogP contribution in [0.4, 0.5) is 0 Å². The lowest BCUT2D eigenvalue weighted by atomic mass is 9.81. The molecule has 3 rings (SSSR count). The van der Waals surface area contributed by atoms with Crippen molar-refractivity contribution in [3.05, 3.63) is 28.3 Å². The van der Waals surface area contributed by atoms with Gasteiger partial charge in [-0.25, -0.2) is 0 Å². The van der Waals surface area contributed by atoms with Crippen LogP contribution in [0.5, 0.6) is 0 Å². The van der Waals surface area contributed by atoms with Crippen molar-refractivity contribution in [1.82, 2.24) is 0 Å². The van der Waals surface area contributed by atoms with Gasteiger partial charge >= 0.3 is 0 Å². The third kappa shape index (κ3) is 2.74. The highest BCUT2D eigenvalue weighted by molar-refractivity contribution is 8.17. The zero-order chi connectivity index (χ0) is 15.9. The standard InChI is InChI=1S/C16H15ClO3S2/c1-21-13-7-9-12(22-13)6-5-8(15(9)17)16(20)14-10(18)3-2-4-11(14)19/h5-6,13-14H,2-4,7H2,1H3. The van der Waals surface area contributed by atoms with Gasteiger partial charge in [0.05, 0.1) is 9.60 Å². The predicted octanol–water partition coefficient (Wildman–Crippen LogP) is 3.80. The second-order valence-electron chi connectivity index (χ2n) is 5.47. The molecule has 116 valence electrons. The molecule has 1 heterocycles. The lowest BCUT2D eigenvalue weighted by Crippen LogP contribution is -2.35. The van der Waals surface area contributed by atoms with Gasteiger partial charge in [0.25, 0.3) is 0 Å². The quantitative estimate of drug-likeness (QED) is 0.610. The van der Waals surface area contributed by atoms with Crippen molar-refractivity contribution < 1.29 is 14.4 Å². The van der Waals surface area contributed by atoms with Gasteiger partial charge in [0.1, 0.15) is 5.92 Å². The summed E-state index contributed by atoms with van der Waals surface area (Å²) in [5.41, 5.74) is 1.28. The Morgan fingerprint density at radius 3 is 2.59 bits per heavy atom. The summed E-state index contributed by atoms with van der Waals surface area (Å²) in [6.45, 7) is 0. The van der Waals surface area contributed by atoms with Gasteiger partial charge in [-0.15, -0.1) is 11.8 Å². The molecule has 6 heteroatoms. The van der Waals surface area contributed by atoms with Gasteiger partial charge in [-0.1, -0.05) is 11.6 Å². The number of thioether (sulfide) groups is 2. The monoisotopic (exact) mass is 354 g/mol. The molecule has 0 bridgehead atoms. The lowest BCUT2D eigenvalue weighted by molar-refractivity contribution is -0.133. The van der Waals surface area contributed by atoms with Crippen LogP contribution < -0.4 is 0 Å². The maximum absolute atomic E-state index is 12.7. The summed E-state index contributed by atoms with van der Waals surface area (Å²) in [5.74, 6) is -2.11. The molecule has 1 aromatic carbocycles. The average molecular weight is 355 g/mol. The van der Waals surface area contributed by atoms with Gasteiger partial charge in [0.15, 0.2) is 17.3 Å². The third-order valence-corrected chi connectivity index (χ3v) is 7.17. The van der Waals surface area contributed by atoms with Crippen LogP contribution in [-0.4, -0.2) is 28.2 Å². The molecule has 0 spiro atoms. The molecule has 1 unspecified atom stereocenters. The number of carbonyl (C=O) groups excluding carboxylic acids is 3. The molecular formula is C16H15ClO3S2. The van der Waals surface area contributed by atoms with Crippen molar-refractivity contribution >= 4 is 52.5 Å². The molecule has 0 radical (unpaired) electrons. The van der Waals surface area contributed by atoms with E-state index in [2.05, 4.69) is 0 Å². The third-order valence-electron chi connectivity index (χ3n) is 4.11. The average Bonchev–Trinajstić information content (AvgIpc) is 2.91. The van der Waals surface area contributed by atoms with E-state index in [0.29, 0.717) is 34.4 Å². The van der Waals surface area contributed by atoms with E-state index in [-0.39, 0.29) is 11.6 Å². The first kappa shape index (κ1) is 16.1. The van der Waals surface area contributed by atoms with Crippen molar-refractivity contribution in [3.63, 3.8) is 0 Å². The first-order valence-corrected chi connectivity index (χ1v) is 9.68. The molecule has 1 aliphatic carbocycles. The van der Waals surface area contributed by atoms with Crippen molar-refractivity contribution in [2.45, 2.75) is 35.2 Å². The maximum Gasteiger partial charge on any atom is 0.182 e. The van der Waals surface area contributed by atoms with Crippen LogP contribution in [0.25, 0.3) is 0 Å². The predicted molar refractivity (Wildman–Crippen MR) is 90.0 cm³/mol. The normalized spacial score (nSPS) is 22.0. The zero-order valence-electron chi connectivity index (χ0n) is 12.1. The smallest absolute Gasteiger partial charge is 0.182 e. The lowest BCUT2D eigenvalue weighted by Gasteiger charge is -2.19. The molecule has 0 amide bonds. The van der Waals surface area contributed by atoms with Gasteiger partial charge in [0.2, 0.25) is 0 Å². The number of benzene rings is 1. The van der Waals surface area contributed by atoms with E-state index in [1.54, 1.807) is 29.6 Å². The highest BCUT2D eigenvalue weighted by Gasteiger charge is 2.38. The van der Waals surface area contributed by atoms with Crippen LogP contribution in [0.2, 0.25) is 5.02 Å². The SMILES string of the molecule is CSC1Cc2c(ccc(C(=O)C3C(=O)CCCC3=O)c2Cl)S1. The molecule has 22 heavy (non-hydrogen) atoms. The number of carbonyl (C=O) groups is 3. The summed E-state index contributed by atoms with van der Waals surface area (Å²) in [4.78, 5) is 37.7. The summed E-state index contributed by atoms with van der Waals surface area (Å²) in [6.07, 6.45) is 3.99. The van der Waals surface area contributed by atoms with Crippen LogP contribution in [0.15, 0.2) is 17.0 Å². The summed E-state index contributed by atoms with van der Waals surface area (Å²) in [6, 6.07) is 3.54. The minimum absolute atomic E-state index is 0.269. The molecule has 1 aliphatic heterocycles. The van der Waals surface area contributed by atoms with Gasteiger partial charge < -0.3 is 0 Å². The number of hydrogen-bond donors (Lipinski definition) is 0. The van der Waals surface area contributed by atoms with E-state index in [4.69, 9.17) is 11.6 Å². The molecular weight excluding hydrogens is 340 g/mol. The van der Waals surface area contributed by atoms with E-state index in [1.165, 1.54) is 0 Å². The van der Waals surface area contributed by atoms with Crippen LogP contribution in [0, 0.1) is 5.92 Å². The van der Waals surface area contributed by atoms with Crippen LogP contribution in [0.1, 0.15) is 35.2 Å². The second-order valence-corrected chi connectivity index (χ2v) is 8.44. The Morgan fingerprint density at radius 2 is 1.95 bits per heavy atom. The molecule has 0 N–H and O–H groups in total. The highest BCUT2D eigenvalue weighted by Crippen LogP contribution is 2.45. The largest absolute Gasteiger partial charge is 0.298 e. The van der Waals surface area contributed by atoms with Crippen molar-refractivity contribution in [2.75, 3.05) is 6.26 Å². The summed E-state index contributed by atoms with van der Waals surface area (Å²) in [5, 5.41) is 0.415. The first-order chi connectivity index (χ1) is 10.5. The molecule has 2 aliphatic rings. The van der Waals surface area contributed by atoms with Crippen molar-refractivity contribution in [1.29, 1.82) is 0 Å². The Morgan fingerprint density at radius 1 is 1.27 bits per heavy atom. The number of Topliss-reactive ketones (excluding diaryl/α,β-unsaturated/α-hetero) is 3. The Labute approximate surface area is 142 Å². The Hall–Kier alpha value is -0.780. The van der Waals surface area contributed by atoms with Crippen LogP contribution >= 0.6 is 35.1 Å². The summed E-state index contributed by atoms with van der Waals surface area (Å²) >= 11 is 9.91. The van der Waals surface area contributed by atoms with Crippen LogP contribution in [0.3, 0.4) is 0 Å². The number of halogens is 1. The van der Waals surface area contributed by atoms with Crippen molar-refractivity contribution in [2.24, 2.45) is 5.92 Å². The Balaban J connectivity index is 1.95. The molecule has 0 saturated heterocycles. The fourth-order valence-corrected chi connectivity index (χ4v) is 5.36. The minimum Gasteiger partial charge on any atom is -0.298 e. The van der Waals surface area contributed by atoms with Gasteiger partial charge in [0, 0.05) is 23.3 Å². The van der Waals surface area contributed by atoms with Gasteiger partial charge in [-0.05, 0) is 36.8 Å². The summed E-state index contributed by atoms with van der Waals surface area (Å²) < 4.78 is 0.399. The Bertz CT molecular complexity index is 656. The maximum atomic E-state index is 12.7. The number of ketones is 3. The number of hydrogen-bond acceptors (Lipinski definition) is 5. The molecule has 0 aromatic heterocycles. The molecule has 1 aromatic rings. The van der Waals surface area contributed by atoms with E-state index in [0.717, 1.165) is 16.9 Å². The van der Waals surface area contributed by atoms with E-state index < -0.39 is 11.7 Å². The molecule has 1 saturated carbocycles. The molecule has 1 atom stereocenters. The summed E-state index contributed by atoms with van der Waals surface area (Å²) in [7, 11) is 0. The number of rotatable bonds is 3. The second kappa shape index (κ2) is 6.38. The van der Waals surface area contributed by atoms with Crippen LogP contribution in [-0.2, 0) is 16.0 Å². The topological polar surface area (TPSA) is 51.2 Å².